The van der Waals surface area contributed by atoms with Crippen LogP contribution in [0.2, 0.25) is 0 Å². The van der Waals surface area contributed by atoms with Gasteiger partial charge in [0.1, 0.15) is 5.01 Å². The molecule has 3 aromatic rings. The molecule has 1 aliphatic rings. The Morgan fingerprint density at radius 3 is 2.74 bits per heavy atom. The first kappa shape index (κ1) is 14.6. The number of aliphatic hydroxyl groups is 1. The van der Waals surface area contributed by atoms with Crippen LogP contribution in [0.1, 0.15) is 22.2 Å². The van der Waals surface area contributed by atoms with Crippen molar-refractivity contribution >= 4 is 11.3 Å². The van der Waals surface area contributed by atoms with Crippen LogP contribution in [0.25, 0.3) is 11.3 Å². The van der Waals surface area contributed by atoms with E-state index in [0.717, 1.165) is 22.7 Å². The maximum absolute atomic E-state index is 10.3. The summed E-state index contributed by atoms with van der Waals surface area (Å²) in [4.78, 5) is 4.70. The monoisotopic (exact) mass is 322 g/mol. The molecule has 2 N–H and O–H groups in total. The number of hydrogen-bond acceptors (Lipinski definition) is 4. The molecule has 0 spiro atoms. The van der Waals surface area contributed by atoms with Gasteiger partial charge in [0.25, 0.3) is 0 Å². The number of aliphatic hydroxyl groups excluding tert-OH is 1. The quantitative estimate of drug-likeness (QED) is 0.772. The topological polar surface area (TPSA) is 45.1 Å². The molecule has 4 heteroatoms. The highest BCUT2D eigenvalue weighted by atomic mass is 32.1. The minimum Gasteiger partial charge on any atom is -0.391 e. The van der Waals surface area contributed by atoms with E-state index in [1.165, 1.54) is 11.1 Å². The molecule has 0 fully saturated rings. The van der Waals surface area contributed by atoms with Crippen molar-refractivity contribution in [3.63, 3.8) is 0 Å². The summed E-state index contributed by atoms with van der Waals surface area (Å²) in [6.07, 6.45) is 0.363. The first-order valence-corrected chi connectivity index (χ1v) is 8.68. The van der Waals surface area contributed by atoms with Gasteiger partial charge in [0.2, 0.25) is 0 Å². The standard InChI is InChI=1S/C19H18N2OS/c22-17-10-14-8-4-5-9-15(14)19(17)20-11-18-21-16(12-23-18)13-6-2-1-3-7-13/h1-9,12,17,19-20,22H,10-11H2/t17-,19+/m0/s1. The van der Waals surface area contributed by atoms with Crippen LogP contribution >= 0.6 is 11.3 Å². The molecule has 0 bridgehead atoms. The average Bonchev–Trinajstić information content (AvgIpc) is 3.18. The Labute approximate surface area is 139 Å². The molecule has 0 saturated carbocycles. The number of thiazole rings is 1. The fourth-order valence-corrected chi connectivity index (χ4v) is 3.90. The van der Waals surface area contributed by atoms with Crippen molar-refractivity contribution in [3.8, 4) is 11.3 Å². The van der Waals surface area contributed by atoms with Crippen LogP contribution in [0.4, 0.5) is 0 Å². The van der Waals surface area contributed by atoms with Gasteiger partial charge in [0.05, 0.1) is 17.8 Å². The number of aromatic nitrogens is 1. The minimum atomic E-state index is -0.360. The second-order valence-electron chi connectivity index (χ2n) is 5.82. The third kappa shape index (κ3) is 2.93. The number of nitrogens with one attached hydrogen (secondary N) is 1. The molecule has 0 amide bonds. The van der Waals surface area contributed by atoms with Gasteiger partial charge >= 0.3 is 0 Å². The Morgan fingerprint density at radius 2 is 1.87 bits per heavy atom. The molecule has 1 heterocycles. The van der Waals surface area contributed by atoms with E-state index < -0.39 is 0 Å². The highest BCUT2D eigenvalue weighted by Gasteiger charge is 2.30. The zero-order valence-corrected chi connectivity index (χ0v) is 13.5. The van der Waals surface area contributed by atoms with Gasteiger partial charge in [-0.2, -0.15) is 0 Å². The van der Waals surface area contributed by atoms with Crippen LogP contribution in [-0.2, 0) is 13.0 Å². The van der Waals surface area contributed by atoms with Crippen LogP contribution in [-0.4, -0.2) is 16.2 Å². The predicted octanol–water partition coefficient (Wildman–Crippen LogP) is 3.56. The molecule has 1 aliphatic carbocycles. The highest BCUT2D eigenvalue weighted by Crippen LogP contribution is 2.31. The molecular weight excluding hydrogens is 304 g/mol. The Bertz CT molecular complexity index is 800. The SMILES string of the molecule is O[C@H]1Cc2ccccc2[C@H]1NCc1nc(-c2ccccc2)cs1. The molecule has 116 valence electrons. The molecule has 2 aromatic carbocycles. The molecule has 2 atom stereocenters. The number of hydrogen-bond donors (Lipinski definition) is 2. The van der Waals surface area contributed by atoms with Crippen molar-refractivity contribution < 1.29 is 5.11 Å². The van der Waals surface area contributed by atoms with E-state index in [0.29, 0.717) is 6.54 Å². The van der Waals surface area contributed by atoms with Crippen molar-refractivity contribution in [2.24, 2.45) is 0 Å². The Morgan fingerprint density at radius 1 is 1.09 bits per heavy atom. The maximum atomic E-state index is 10.3. The lowest BCUT2D eigenvalue weighted by molar-refractivity contribution is 0.140. The van der Waals surface area contributed by atoms with Crippen LogP contribution in [0.15, 0.2) is 60.0 Å². The fourth-order valence-electron chi connectivity index (χ4n) is 3.15. The third-order valence-corrected chi connectivity index (χ3v) is 5.15. The van der Waals surface area contributed by atoms with Gasteiger partial charge in [-0.3, -0.25) is 0 Å². The van der Waals surface area contributed by atoms with Crippen LogP contribution in [0.5, 0.6) is 0 Å². The van der Waals surface area contributed by atoms with Gasteiger partial charge in [-0.25, -0.2) is 4.98 Å². The predicted molar refractivity (Wildman–Crippen MR) is 93.3 cm³/mol. The van der Waals surface area contributed by atoms with Crippen LogP contribution in [0.3, 0.4) is 0 Å². The summed E-state index contributed by atoms with van der Waals surface area (Å²) in [6, 6.07) is 18.5. The lowest BCUT2D eigenvalue weighted by atomic mass is 10.1. The normalized spacial score (nSPS) is 19.7. The van der Waals surface area contributed by atoms with E-state index in [2.05, 4.69) is 35.0 Å². The summed E-state index contributed by atoms with van der Waals surface area (Å²) in [6.45, 7) is 0.674. The van der Waals surface area contributed by atoms with E-state index in [1.807, 2.05) is 30.3 Å². The van der Waals surface area contributed by atoms with Gasteiger partial charge in [0, 0.05) is 23.9 Å². The number of rotatable bonds is 4. The zero-order valence-electron chi connectivity index (χ0n) is 12.6. The molecule has 0 aliphatic heterocycles. The van der Waals surface area contributed by atoms with Crippen molar-refractivity contribution in [3.05, 3.63) is 76.1 Å². The second kappa shape index (κ2) is 6.24. The molecule has 23 heavy (non-hydrogen) atoms. The molecular formula is C19H18N2OS. The Balaban J connectivity index is 1.47. The van der Waals surface area contributed by atoms with Crippen molar-refractivity contribution in [2.75, 3.05) is 0 Å². The van der Waals surface area contributed by atoms with E-state index in [-0.39, 0.29) is 12.1 Å². The zero-order chi connectivity index (χ0) is 15.6. The smallest absolute Gasteiger partial charge is 0.107 e. The highest BCUT2D eigenvalue weighted by molar-refractivity contribution is 7.09. The summed E-state index contributed by atoms with van der Waals surface area (Å²) in [5.41, 5.74) is 4.60. The molecule has 0 saturated heterocycles. The summed E-state index contributed by atoms with van der Waals surface area (Å²) in [7, 11) is 0. The van der Waals surface area contributed by atoms with Crippen molar-refractivity contribution in [1.29, 1.82) is 0 Å². The van der Waals surface area contributed by atoms with E-state index in [4.69, 9.17) is 4.98 Å². The van der Waals surface area contributed by atoms with Gasteiger partial charge in [-0.15, -0.1) is 11.3 Å². The maximum Gasteiger partial charge on any atom is 0.107 e. The van der Waals surface area contributed by atoms with E-state index in [1.54, 1.807) is 11.3 Å². The van der Waals surface area contributed by atoms with Gasteiger partial charge in [-0.05, 0) is 11.1 Å². The molecule has 3 nitrogen and oxygen atoms in total. The van der Waals surface area contributed by atoms with Crippen LogP contribution < -0.4 is 5.32 Å². The van der Waals surface area contributed by atoms with Gasteiger partial charge < -0.3 is 10.4 Å². The number of fused-ring (bicyclic) bond motifs is 1. The molecule has 4 rings (SSSR count). The lowest BCUT2D eigenvalue weighted by Gasteiger charge is -2.17. The fraction of sp³-hybridized carbons (Fsp3) is 0.211. The van der Waals surface area contributed by atoms with Crippen molar-refractivity contribution in [1.82, 2.24) is 10.3 Å². The molecule has 1 aromatic heterocycles. The first-order chi connectivity index (χ1) is 11.3. The molecule has 0 unspecified atom stereocenters. The second-order valence-corrected chi connectivity index (χ2v) is 6.76. The van der Waals surface area contributed by atoms with Crippen molar-refractivity contribution in [2.45, 2.75) is 25.1 Å². The summed E-state index contributed by atoms with van der Waals surface area (Å²) in [5, 5.41) is 16.9. The Hall–Kier alpha value is -2.01. The largest absolute Gasteiger partial charge is 0.391 e. The molecule has 0 radical (unpaired) electrons. The third-order valence-electron chi connectivity index (χ3n) is 4.30. The summed E-state index contributed by atoms with van der Waals surface area (Å²) < 4.78 is 0. The van der Waals surface area contributed by atoms with Crippen LogP contribution in [0, 0.1) is 0 Å². The Kier molecular flexibility index (Phi) is 3.95. The van der Waals surface area contributed by atoms with Gasteiger partial charge in [-0.1, -0.05) is 54.6 Å². The average molecular weight is 322 g/mol. The van der Waals surface area contributed by atoms with E-state index in [9.17, 15) is 5.11 Å². The number of benzene rings is 2. The van der Waals surface area contributed by atoms with E-state index >= 15 is 0 Å². The lowest BCUT2D eigenvalue weighted by Crippen LogP contribution is -2.28. The van der Waals surface area contributed by atoms with Gasteiger partial charge in [0.15, 0.2) is 0 Å². The minimum absolute atomic E-state index is 0.00437. The number of nitrogens with zero attached hydrogens (tertiary/aromatic N) is 1. The summed E-state index contributed by atoms with van der Waals surface area (Å²) >= 11 is 1.66. The summed E-state index contributed by atoms with van der Waals surface area (Å²) in [5.74, 6) is 0. The first-order valence-electron chi connectivity index (χ1n) is 7.80.